The normalized spacial score (nSPS) is 24.7. The lowest BCUT2D eigenvalue weighted by Gasteiger charge is -2.35. The first-order chi connectivity index (χ1) is 7.07. The first-order valence-electron chi connectivity index (χ1n) is 5.01. The Kier molecular flexibility index (Phi) is 2.49. The zero-order valence-electron chi connectivity index (χ0n) is 8.90. The highest BCUT2D eigenvalue weighted by atomic mass is 16.7. The molecule has 0 bridgehead atoms. The molecule has 3 heteroatoms. The minimum absolute atomic E-state index is 0.192. The zero-order chi connectivity index (χ0) is 10.9. The summed E-state index contributed by atoms with van der Waals surface area (Å²) in [6.07, 6.45) is 0.0930. The molecule has 0 saturated carbocycles. The molecule has 0 spiro atoms. The maximum atomic E-state index is 11.4. The molecule has 0 aromatic heterocycles. The highest BCUT2D eigenvalue weighted by Gasteiger charge is 2.35. The third-order valence-corrected chi connectivity index (χ3v) is 2.31. The molecule has 1 aromatic rings. The Morgan fingerprint density at radius 2 is 1.93 bits per heavy atom. The van der Waals surface area contributed by atoms with Gasteiger partial charge in [0.25, 0.3) is 0 Å². The van der Waals surface area contributed by atoms with E-state index in [1.807, 2.05) is 30.3 Å². The van der Waals surface area contributed by atoms with Crippen molar-refractivity contribution in [3.8, 4) is 0 Å². The third-order valence-electron chi connectivity index (χ3n) is 2.31. The second kappa shape index (κ2) is 3.66. The van der Waals surface area contributed by atoms with Crippen molar-refractivity contribution in [2.45, 2.75) is 32.2 Å². The van der Waals surface area contributed by atoms with Gasteiger partial charge >= 0.3 is 5.97 Å². The number of ether oxygens (including phenoxy) is 2. The number of hydrogen-bond acceptors (Lipinski definition) is 3. The van der Waals surface area contributed by atoms with E-state index in [0.717, 1.165) is 5.56 Å². The van der Waals surface area contributed by atoms with Crippen LogP contribution in [0.15, 0.2) is 30.3 Å². The monoisotopic (exact) mass is 206 g/mol. The van der Waals surface area contributed by atoms with E-state index in [9.17, 15) is 4.79 Å². The van der Waals surface area contributed by atoms with E-state index in [4.69, 9.17) is 9.47 Å². The third kappa shape index (κ3) is 2.36. The lowest BCUT2D eigenvalue weighted by atomic mass is 10.1. The minimum Gasteiger partial charge on any atom is -0.434 e. The van der Waals surface area contributed by atoms with Gasteiger partial charge < -0.3 is 9.47 Å². The van der Waals surface area contributed by atoms with Gasteiger partial charge in [0.05, 0.1) is 12.5 Å². The van der Waals surface area contributed by atoms with Gasteiger partial charge in [-0.1, -0.05) is 30.3 Å². The van der Waals surface area contributed by atoms with Gasteiger partial charge in [-0.25, -0.2) is 0 Å². The van der Waals surface area contributed by atoms with Gasteiger partial charge in [0.15, 0.2) is 0 Å². The summed E-state index contributed by atoms with van der Waals surface area (Å²) >= 11 is 0. The van der Waals surface area contributed by atoms with E-state index in [2.05, 4.69) is 0 Å². The van der Waals surface area contributed by atoms with Crippen molar-refractivity contribution < 1.29 is 14.3 Å². The van der Waals surface area contributed by atoms with Crippen LogP contribution in [0.3, 0.4) is 0 Å². The summed E-state index contributed by atoms with van der Waals surface area (Å²) in [6.45, 7) is 3.50. The number of carbonyl (C=O) groups is 1. The predicted octanol–water partition coefficient (Wildman–Crippen LogP) is 2.43. The summed E-state index contributed by atoms with van der Waals surface area (Å²) in [5, 5.41) is 0. The fraction of sp³-hybridized carbons (Fsp3) is 0.417. The largest absolute Gasteiger partial charge is 0.434 e. The molecule has 1 saturated heterocycles. The van der Waals surface area contributed by atoms with E-state index in [0.29, 0.717) is 0 Å². The predicted molar refractivity (Wildman–Crippen MR) is 55.1 cm³/mol. The van der Waals surface area contributed by atoms with Crippen LogP contribution in [0.4, 0.5) is 0 Å². The Morgan fingerprint density at radius 1 is 1.27 bits per heavy atom. The fourth-order valence-corrected chi connectivity index (χ4v) is 1.73. The van der Waals surface area contributed by atoms with Gasteiger partial charge in [0.2, 0.25) is 5.79 Å². The van der Waals surface area contributed by atoms with Crippen molar-refractivity contribution in [2.75, 3.05) is 0 Å². The summed E-state index contributed by atoms with van der Waals surface area (Å²) in [7, 11) is 0. The zero-order valence-corrected chi connectivity index (χ0v) is 8.90. The van der Waals surface area contributed by atoms with Crippen molar-refractivity contribution >= 4 is 5.97 Å². The van der Waals surface area contributed by atoms with E-state index >= 15 is 0 Å². The SMILES string of the molecule is CC1(C)OC(=O)CC(c2ccccc2)O1. The van der Waals surface area contributed by atoms with E-state index in [-0.39, 0.29) is 18.5 Å². The smallest absolute Gasteiger partial charge is 0.311 e. The van der Waals surface area contributed by atoms with Gasteiger partial charge in [-0.2, -0.15) is 0 Å². The van der Waals surface area contributed by atoms with Gasteiger partial charge in [-0.3, -0.25) is 4.79 Å². The van der Waals surface area contributed by atoms with Crippen LogP contribution < -0.4 is 0 Å². The molecule has 2 rings (SSSR count). The van der Waals surface area contributed by atoms with Crippen molar-refractivity contribution in [3.63, 3.8) is 0 Å². The summed E-state index contributed by atoms with van der Waals surface area (Å²) in [6, 6.07) is 9.73. The van der Waals surface area contributed by atoms with Crippen LogP contribution in [0.1, 0.15) is 31.9 Å². The second-order valence-corrected chi connectivity index (χ2v) is 4.10. The van der Waals surface area contributed by atoms with Crippen LogP contribution in [0.25, 0.3) is 0 Å². The summed E-state index contributed by atoms with van der Waals surface area (Å²) < 4.78 is 10.8. The second-order valence-electron chi connectivity index (χ2n) is 4.10. The van der Waals surface area contributed by atoms with Crippen molar-refractivity contribution in [3.05, 3.63) is 35.9 Å². The van der Waals surface area contributed by atoms with Crippen LogP contribution in [0.5, 0.6) is 0 Å². The maximum Gasteiger partial charge on any atom is 0.311 e. The number of benzene rings is 1. The van der Waals surface area contributed by atoms with Crippen molar-refractivity contribution in [1.82, 2.24) is 0 Å². The Balaban J connectivity index is 2.20. The summed E-state index contributed by atoms with van der Waals surface area (Å²) in [4.78, 5) is 11.4. The van der Waals surface area contributed by atoms with E-state index in [1.165, 1.54) is 0 Å². The average molecular weight is 206 g/mol. The quantitative estimate of drug-likeness (QED) is 0.662. The van der Waals surface area contributed by atoms with Crippen molar-refractivity contribution in [2.24, 2.45) is 0 Å². The fourth-order valence-electron chi connectivity index (χ4n) is 1.73. The molecule has 1 fully saturated rings. The minimum atomic E-state index is -0.824. The Hall–Kier alpha value is -1.35. The molecule has 0 aliphatic carbocycles. The number of rotatable bonds is 1. The average Bonchev–Trinajstić information content (AvgIpc) is 2.16. The highest BCUT2D eigenvalue weighted by molar-refractivity contribution is 5.71. The molecule has 1 atom stereocenters. The molecule has 1 aromatic carbocycles. The van der Waals surface area contributed by atoms with Crippen molar-refractivity contribution in [1.29, 1.82) is 0 Å². The van der Waals surface area contributed by atoms with Crippen LogP contribution in [0.2, 0.25) is 0 Å². The topological polar surface area (TPSA) is 35.5 Å². The molecular weight excluding hydrogens is 192 g/mol. The molecule has 15 heavy (non-hydrogen) atoms. The first-order valence-corrected chi connectivity index (χ1v) is 5.01. The molecule has 0 amide bonds. The van der Waals surface area contributed by atoms with Crippen LogP contribution in [0, 0.1) is 0 Å². The number of hydrogen-bond donors (Lipinski definition) is 0. The molecule has 0 N–H and O–H groups in total. The molecular formula is C12H14O3. The Labute approximate surface area is 89.0 Å². The molecule has 1 unspecified atom stereocenters. The molecule has 1 aliphatic rings. The molecule has 1 heterocycles. The maximum absolute atomic E-state index is 11.4. The van der Waals surface area contributed by atoms with Gasteiger partial charge in [0, 0.05) is 13.8 Å². The number of carbonyl (C=O) groups excluding carboxylic acids is 1. The van der Waals surface area contributed by atoms with Gasteiger partial charge in [-0.15, -0.1) is 0 Å². The lowest BCUT2D eigenvalue weighted by Crippen LogP contribution is -2.38. The Bertz CT molecular complexity index is 356. The molecule has 1 aliphatic heterocycles. The summed E-state index contributed by atoms with van der Waals surface area (Å²) in [5.41, 5.74) is 1.02. The highest BCUT2D eigenvalue weighted by Crippen LogP contribution is 2.32. The molecule has 3 nitrogen and oxygen atoms in total. The van der Waals surface area contributed by atoms with Crippen LogP contribution >= 0.6 is 0 Å². The standard InChI is InChI=1S/C12H14O3/c1-12(2)14-10(8-11(13)15-12)9-6-4-3-5-7-9/h3-7,10H,8H2,1-2H3. The molecule has 0 radical (unpaired) electrons. The lowest BCUT2D eigenvalue weighted by molar-refractivity contribution is -0.259. The first kappa shape index (κ1) is 10.2. The van der Waals surface area contributed by atoms with E-state index in [1.54, 1.807) is 13.8 Å². The summed E-state index contributed by atoms with van der Waals surface area (Å²) in [5.74, 6) is -1.03. The van der Waals surface area contributed by atoms with E-state index < -0.39 is 5.79 Å². The van der Waals surface area contributed by atoms with Gasteiger partial charge in [-0.05, 0) is 5.56 Å². The number of esters is 1. The van der Waals surface area contributed by atoms with Gasteiger partial charge in [0.1, 0.15) is 0 Å². The van der Waals surface area contributed by atoms with Crippen LogP contribution in [-0.4, -0.2) is 11.8 Å². The number of cyclic esters (lactones) is 1. The molecule has 80 valence electrons. The Morgan fingerprint density at radius 3 is 2.53 bits per heavy atom. The van der Waals surface area contributed by atoms with Crippen LogP contribution in [-0.2, 0) is 14.3 Å².